The number of halogens is 1. The number of aromatic nitrogens is 3. The van der Waals surface area contributed by atoms with E-state index in [1.54, 1.807) is 16.6 Å². The second kappa shape index (κ2) is 8.94. The Hall–Kier alpha value is -4.07. The molecule has 2 aromatic carbocycles. The Morgan fingerprint density at radius 1 is 1.14 bits per heavy atom. The van der Waals surface area contributed by atoms with Gasteiger partial charge >= 0.3 is 5.97 Å². The smallest absolute Gasteiger partial charge is 0.335 e. The second-order valence-electron chi connectivity index (χ2n) is 8.76. The first-order valence-corrected chi connectivity index (χ1v) is 11.7. The zero-order valence-corrected chi connectivity index (χ0v) is 19.5. The Morgan fingerprint density at radius 3 is 2.69 bits per heavy atom. The molecule has 7 nitrogen and oxygen atoms in total. The first kappa shape index (κ1) is 22.7. The van der Waals surface area contributed by atoms with E-state index in [0.29, 0.717) is 30.0 Å². The highest BCUT2D eigenvalue weighted by Crippen LogP contribution is 2.30. The van der Waals surface area contributed by atoms with Crippen molar-refractivity contribution in [2.75, 3.05) is 6.54 Å². The molecule has 1 aliphatic heterocycles. The lowest BCUT2D eigenvalue weighted by molar-refractivity contribution is 0.0683. The van der Waals surface area contributed by atoms with Crippen molar-refractivity contribution in [3.8, 4) is 11.3 Å². The van der Waals surface area contributed by atoms with E-state index < -0.39 is 11.8 Å². The molecule has 1 atom stereocenters. The number of aryl methyl sites for hydroxylation is 2. The van der Waals surface area contributed by atoms with Crippen LogP contribution in [0, 0.1) is 5.82 Å². The number of amides is 1. The van der Waals surface area contributed by atoms with Crippen LogP contribution in [0.3, 0.4) is 0 Å². The Balaban J connectivity index is 1.54. The highest BCUT2D eigenvalue weighted by atomic mass is 19.1. The molecule has 0 bridgehead atoms. The molecule has 178 valence electrons. The molecule has 1 aliphatic rings. The Labute approximate surface area is 201 Å². The quantitative estimate of drug-likeness (QED) is 0.454. The van der Waals surface area contributed by atoms with E-state index in [4.69, 9.17) is 5.11 Å². The number of carbonyl (C=O) groups excluding carboxylic acids is 1. The maximum atomic E-state index is 14.7. The molecule has 4 aromatic rings. The molecule has 1 N–H and O–H groups in total. The standard InChI is InChI=1S/C27H25FN4O3/c1-3-19-14-24(26(33)31-12-6-8-17-7-4-5-9-20(17)16(31)2)29-25-15-23(30-32(19)25)21-11-10-18(27(34)35)13-22(21)28/h4-5,7,9-11,13-16H,3,6,8,12H2,1-2H3,(H,34,35). The van der Waals surface area contributed by atoms with Crippen molar-refractivity contribution < 1.29 is 19.1 Å². The molecule has 8 heteroatoms. The van der Waals surface area contributed by atoms with E-state index in [0.717, 1.165) is 30.2 Å². The lowest BCUT2D eigenvalue weighted by atomic mass is 9.99. The SMILES string of the molecule is CCc1cc(C(=O)N2CCCc3ccccc3C2C)nc2cc(-c3ccc(C(=O)O)cc3F)nn12. The number of carboxylic acids is 1. The molecule has 0 fully saturated rings. The van der Waals surface area contributed by atoms with Crippen LogP contribution in [0.2, 0.25) is 0 Å². The zero-order valence-electron chi connectivity index (χ0n) is 19.5. The van der Waals surface area contributed by atoms with Gasteiger partial charge in [0.2, 0.25) is 0 Å². The molecule has 1 unspecified atom stereocenters. The molecule has 0 spiro atoms. The first-order chi connectivity index (χ1) is 16.9. The molecule has 1 amide bonds. The fourth-order valence-electron chi connectivity index (χ4n) is 4.78. The summed E-state index contributed by atoms with van der Waals surface area (Å²) in [4.78, 5) is 31.2. The van der Waals surface area contributed by atoms with Crippen molar-refractivity contribution in [2.45, 2.75) is 39.2 Å². The molecule has 35 heavy (non-hydrogen) atoms. The number of hydrogen-bond donors (Lipinski definition) is 1. The number of hydrogen-bond acceptors (Lipinski definition) is 4. The number of fused-ring (bicyclic) bond motifs is 2. The molecule has 0 aliphatic carbocycles. The van der Waals surface area contributed by atoms with Gasteiger partial charge in [0.1, 0.15) is 11.5 Å². The van der Waals surface area contributed by atoms with E-state index in [2.05, 4.69) is 22.2 Å². The number of carbonyl (C=O) groups is 2. The van der Waals surface area contributed by atoms with Crippen molar-refractivity contribution >= 4 is 17.5 Å². The van der Waals surface area contributed by atoms with Crippen molar-refractivity contribution in [3.05, 3.63) is 88.5 Å². The third-order valence-corrected chi connectivity index (χ3v) is 6.65. The largest absolute Gasteiger partial charge is 0.478 e. The number of nitrogens with zero attached hydrogens (tertiary/aromatic N) is 4. The van der Waals surface area contributed by atoms with Crippen molar-refractivity contribution in [2.24, 2.45) is 0 Å². The molecule has 0 radical (unpaired) electrons. The van der Waals surface area contributed by atoms with Gasteiger partial charge < -0.3 is 10.0 Å². The number of carboxylic acid groups (broad SMARTS) is 1. The van der Waals surface area contributed by atoms with Gasteiger partial charge in [-0.15, -0.1) is 0 Å². The van der Waals surface area contributed by atoms with Gasteiger partial charge in [0.15, 0.2) is 5.65 Å². The Bertz CT molecular complexity index is 1460. The predicted molar refractivity (Wildman–Crippen MR) is 129 cm³/mol. The summed E-state index contributed by atoms with van der Waals surface area (Å²) < 4.78 is 16.3. The molecular formula is C27H25FN4O3. The summed E-state index contributed by atoms with van der Waals surface area (Å²) in [5.74, 6) is -2.03. The number of benzene rings is 2. The van der Waals surface area contributed by atoms with Crippen LogP contribution in [0.15, 0.2) is 54.6 Å². The summed E-state index contributed by atoms with van der Waals surface area (Å²) in [7, 11) is 0. The highest BCUT2D eigenvalue weighted by molar-refractivity contribution is 5.93. The van der Waals surface area contributed by atoms with E-state index in [9.17, 15) is 14.0 Å². The van der Waals surface area contributed by atoms with Gasteiger partial charge in [0.05, 0.1) is 17.3 Å². The summed E-state index contributed by atoms with van der Waals surface area (Å²) in [5, 5.41) is 13.6. The summed E-state index contributed by atoms with van der Waals surface area (Å²) in [6, 6.07) is 15.2. The first-order valence-electron chi connectivity index (χ1n) is 11.7. The second-order valence-corrected chi connectivity index (χ2v) is 8.76. The summed E-state index contributed by atoms with van der Waals surface area (Å²) >= 11 is 0. The van der Waals surface area contributed by atoms with Crippen molar-refractivity contribution in [3.63, 3.8) is 0 Å². The molecule has 3 heterocycles. The van der Waals surface area contributed by atoms with E-state index in [1.165, 1.54) is 17.7 Å². The van der Waals surface area contributed by atoms with E-state index in [1.807, 2.05) is 30.9 Å². The van der Waals surface area contributed by atoms with Crippen LogP contribution in [-0.4, -0.2) is 43.0 Å². The predicted octanol–water partition coefficient (Wildman–Crippen LogP) is 4.95. The Morgan fingerprint density at radius 2 is 1.94 bits per heavy atom. The van der Waals surface area contributed by atoms with Gasteiger partial charge in [0, 0.05) is 23.9 Å². The highest BCUT2D eigenvalue weighted by Gasteiger charge is 2.28. The average molecular weight is 473 g/mol. The topological polar surface area (TPSA) is 87.8 Å². The fraction of sp³-hybridized carbons (Fsp3) is 0.259. The summed E-state index contributed by atoms with van der Waals surface area (Å²) in [5.41, 5.74) is 4.32. The molecule has 5 rings (SSSR count). The third-order valence-electron chi connectivity index (χ3n) is 6.65. The van der Waals surface area contributed by atoms with Gasteiger partial charge in [-0.2, -0.15) is 5.10 Å². The van der Waals surface area contributed by atoms with E-state index >= 15 is 0 Å². The minimum absolute atomic E-state index is 0.0772. The maximum absolute atomic E-state index is 14.7. The van der Waals surface area contributed by atoms with Gasteiger partial charge in [-0.05, 0) is 61.6 Å². The van der Waals surface area contributed by atoms with Gasteiger partial charge in [-0.1, -0.05) is 31.2 Å². The van der Waals surface area contributed by atoms with Gasteiger partial charge in [-0.25, -0.2) is 18.7 Å². The van der Waals surface area contributed by atoms with Crippen LogP contribution in [0.1, 0.15) is 64.0 Å². The monoisotopic (exact) mass is 472 g/mol. The minimum Gasteiger partial charge on any atom is -0.478 e. The van der Waals surface area contributed by atoms with Crippen LogP contribution >= 0.6 is 0 Å². The Kier molecular flexibility index (Phi) is 5.80. The van der Waals surface area contributed by atoms with Gasteiger partial charge in [-0.3, -0.25) is 4.79 Å². The molecule has 2 aromatic heterocycles. The summed E-state index contributed by atoms with van der Waals surface area (Å²) in [6.45, 7) is 4.63. The van der Waals surface area contributed by atoms with Crippen LogP contribution in [0.4, 0.5) is 4.39 Å². The maximum Gasteiger partial charge on any atom is 0.335 e. The number of rotatable bonds is 4. The average Bonchev–Trinajstić information content (AvgIpc) is 3.21. The molecular weight excluding hydrogens is 447 g/mol. The normalized spacial score (nSPS) is 15.6. The zero-order chi connectivity index (χ0) is 24.7. The van der Waals surface area contributed by atoms with Crippen molar-refractivity contribution in [1.29, 1.82) is 0 Å². The fourth-order valence-corrected chi connectivity index (χ4v) is 4.78. The minimum atomic E-state index is -1.20. The molecule has 0 saturated heterocycles. The van der Waals surface area contributed by atoms with Crippen LogP contribution in [0.25, 0.3) is 16.9 Å². The lowest BCUT2D eigenvalue weighted by Gasteiger charge is -2.28. The lowest BCUT2D eigenvalue weighted by Crippen LogP contribution is -2.34. The molecule has 0 saturated carbocycles. The van der Waals surface area contributed by atoms with Gasteiger partial charge in [0.25, 0.3) is 5.91 Å². The van der Waals surface area contributed by atoms with Crippen LogP contribution < -0.4 is 0 Å². The van der Waals surface area contributed by atoms with Crippen LogP contribution in [-0.2, 0) is 12.8 Å². The summed E-state index contributed by atoms with van der Waals surface area (Å²) in [6.07, 6.45) is 2.40. The van der Waals surface area contributed by atoms with Crippen LogP contribution in [0.5, 0.6) is 0 Å². The van der Waals surface area contributed by atoms with Crippen molar-refractivity contribution in [1.82, 2.24) is 19.5 Å². The number of aromatic carboxylic acids is 1. The van der Waals surface area contributed by atoms with E-state index in [-0.39, 0.29) is 23.1 Å². The third kappa shape index (κ3) is 4.05.